The van der Waals surface area contributed by atoms with Crippen molar-refractivity contribution in [2.24, 2.45) is 12.0 Å². The van der Waals surface area contributed by atoms with Gasteiger partial charge in [0.15, 0.2) is 5.96 Å². The van der Waals surface area contributed by atoms with Gasteiger partial charge in [-0.1, -0.05) is 6.07 Å². The molecule has 1 heterocycles. The topological polar surface area (TPSA) is 70.9 Å². The van der Waals surface area contributed by atoms with E-state index >= 15 is 0 Å². The van der Waals surface area contributed by atoms with Gasteiger partial charge in [0.1, 0.15) is 12.4 Å². The van der Waals surface area contributed by atoms with Crippen molar-refractivity contribution in [1.29, 1.82) is 0 Å². The van der Waals surface area contributed by atoms with E-state index in [1.165, 1.54) is 12.6 Å². The number of halogens is 2. The van der Waals surface area contributed by atoms with Gasteiger partial charge in [-0.05, 0) is 34.1 Å². The number of hydrogen-bond acceptors (Lipinski definition) is 3. The van der Waals surface area contributed by atoms with Crippen LogP contribution in [0.2, 0.25) is 0 Å². The highest BCUT2D eigenvalue weighted by molar-refractivity contribution is 14.0. The SMILES string of the molecule is CN=C(NCCOc1cccc(NC(C)=O)c1)N(C)Cc1cc(Br)cn1C.I. The Morgan fingerprint density at radius 2 is 2.11 bits per heavy atom. The van der Waals surface area contributed by atoms with Gasteiger partial charge in [-0.3, -0.25) is 9.79 Å². The highest BCUT2D eigenvalue weighted by Gasteiger charge is 2.09. The number of nitrogens with zero attached hydrogens (tertiary/aromatic N) is 3. The molecule has 1 aromatic carbocycles. The first-order valence-corrected chi connectivity index (χ1v) is 9.41. The Morgan fingerprint density at radius 3 is 2.71 bits per heavy atom. The van der Waals surface area contributed by atoms with Crippen LogP contribution in [0.4, 0.5) is 5.69 Å². The number of amides is 1. The maximum atomic E-state index is 11.1. The summed E-state index contributed by atoms with van der Waals surface area (Å²) in [6.45, 7) is 3.30. The molecule has 28 heavy (non-hydrogen) atoms. The lowest BCUT2D eigenvalue weighted by molar-refractivity contribution is -0.114. The molecule has 0 aliphatic carbocycles. The van der Waals surface area contributed by atoms with E-state index in [0.29, 0.717) is 18.9 Å². The molecular formula is C19H27BrIN5O2. The Hall–Kier alpha value is -1.75. The van der Waals surface area contributed by atoms with Gasteiger partial charge in [0.05, 0.1) is 13.1 Å². The number of aromatic nitrogens is 1. The van der Waals surface area contributed by atoms with Crippen molar-refractivity contribution < 1.29 is 9.53 Å². The summed E-state index contributed by atoms with van der Waals surface area (Å²) < 4.78 is 8.89. The van der Waals surface area contributed by atoms with Crippen molar-refractivity contribution in [3.63, 3.8) is 0 Å². The van der Waals surface area contributed by atoms with Crippen LogP contribution in [0.3, 0.4) is 0 Å². The molecule has 1 amide bonds. The summed E-state index contributed by atoms with van der Waals surface area (Å²) in [4.78, 5) is 17.5. The number of rotatable bonds is 7. The van der Waals surface area contributed by atoms with Gasteiger partial charge in [0.2, 0.25) is 5.91 Å². The van der Waals surface area contributed by atoms with Gasteiger partial charge in [0.25, 0.3) is 0 Å². The molecule has 7 nitrogen and oxygen atoms in total. The lowest BCUT2D eigenvalue weighted by Gasteiger charge is -2.22. The first kappa shape index (κ1) is 24.3. The van der Waals surface area contributed by atoms with Crippen LogP contribution in [-0.2, 0) is 18.4 Å². The summed E-state index contributed by atoms with van der Waals surface area (Å²) in [5.41, 5.74) is 1.90. The number of carbonyl (C=O) groups is 1. The van der Waals surface area contributed by atoms with Crippen LogP contribution in [0.5, 0.6) is 5.75 Å². The van der Waals surface area contributed by atoms with Crippen LogP contribution in [0.15, 0.2) is 46.0 Å². The molecule has 0 radical (unpaired) electrons. The molecule has 0 unspecified atom stereocenters. The Kier molecular flexibility index (Phi) is 10.4. The van der Waals surface area contributed by atoms with Gasteiger partial charge in [0, 0.05) is 56.2 Å². The first-order valence-electron chi connectivity index (χ1n) is 8.62. The Bertz CT molecular complexity index is 809. The predicted molar refractivity (Wildman–Crippen MR) is 128 cm³/mol. The number of benzene rings is 1. The lowest BCUT2D eigenvalue weighted by atomic mass is 10.3. The maximum absolute atomic E-state index is 11.1. The van der Waals surface area contributed by atoms with E-state index in [2.05, 4.69) is 47.1 Å². The Morgan fingerprint density at radius 1 is 1.36 bits per heavy atom. The molecule has 0 aliphatic heterocycles. The van der Waals surface area contributed by atoms with E-state index in [1.807, 2.05) is 38.5 Å². The molecule has 0 saturated heterocycles. The molecule has 9 heteroatoms. The fraction of sp³-hybridized carbons (Fsp3) is 0.368. The number of nitrogens with one attached hydrogen (secondary N) is 2. The molecule has 0 fully saturated rings. The van der Waals surface area contributed by atoms with Gasteiger partial charge in [-0.15, -0.1) is 24.0 Å². The number of aliphatic imine (C=N–C) groups is 1. The fourth-order valence-electron chi connectivity index (χ4n) is 2.62. The molecule has 0 aliphatic rings. The second kappa shape index (κ2) is 11.9. The minimum atomic E-state index is -0.106. The monoisotopic (exact) mass is 563 g/mol. The molecule has 2 N–H and O–H groups in total. The molecule has 0 spiro atoms. The van der Waals surface area contributed by atoms with Gasteiger partial charge in [-0.25, -0.2) is 0 Å². The molecule has 0 bridgehead atoms. The fourth-order valence-corrected chi connectivity index (χ4v) is 3.20. The standard InChI is InChI=1S/C19H26BrN5O2.HI/c1-14(26)23-16-6-5-7-18(11-16)27-9-8-22-19(21-2)25(4)13-17-10-15(20)12-24(17)3;/h5-7,10-12H,8-9,13H2,1-4H3,(H,21,22)(H,23,26);1H. The number of hydrogen-bond donors (Lipinski definition) is 2. The Labute approximate surface area is 191 Å². The third-order valence-electron chi connectivity index (χ3n) is 3.86. The van der Waals surface area contributed by atoms with E-state index in [0.717, 1.165) is 22.7 Å². The number of aryl methyl sites for hydroxylation is 1. The van der Waals surface area contributed by atoms with Crippen LogP contribution in [0.1, 0.15) is 12.6 Å². The second-order valence-electron chi connectivity index (χ2n) is 6.15. The van der Waals surface area contributed by atoms with E-state index in [4.69, 9.17) is 4.74 Å². The normalized spacial score (nSPS) is 10.8. The molecule has 2 aromatic rings. The minimum Gasteiger partial charge on any atom is -0.492 e. The lowest BCUT2D eigenvalue weighted by Crippen LogP contribution is -2.40. The zero-order valence-corrected chi connectivity index (χ0v) is 20.4. The molecule has 2 rings (SSSR count). The van der Waals surface area contributed by atoms with E-state index < -0.39 is 0 Å². The maximum Gasteiger partial charge on any atom is 0.221 e. The van der Waals surface area contributed by atoms with Crippen molar-refractivity contribution in [3.8, 4) is 5.75 Å². The number of anilines is 1. The summed E-state index contributed by atoms with van der Waals surface area (Å²) in [6, 6.07) is 9.42. The van der Waals surface area contributed by atoms with Crippen LogP contribution in [0, 0.1) is 0 Å². The third kappa shape index (κ3) is 7.70. The Balaban J connectivity index is 0.00000392. The average molecular weight is 564 g/mol. The predicted octanol–water partition coefficient (Wildman–Crippen LogP) is 3.45. The third-order valence-corrected chi connectivity index (χ3v) is 4.29. The summed E-state index contributed by atoms with van der Waals surface area (Å²) in [5.74, 6) is 1.40. The largest absolute Gasteiger partial charge is 0.492 e. The van der Waals surface area contributed by atoms with Crippen molar-refractivity contribution in [1.82, 2.24) is 14.8 Å². The van der Waals surface area contributed by atoms with Crippen LogP contribution in [0.25, 0.3) is 0 Å². The smallest absolute Gasteiger partial charge is 0.221 e. The van der Waals surface area contributed by atoms with E-state index in [9.17, 15) is 4.79 Å². The summed E-state index contributed by atoms with van der Waals surface area (Å²) in [7, 11) is 5.78. The number of guanidine groups is 1. The van der Waals surface area contributed by atoms with Crippen molar-refractivity contribution in [3.05, 3.63) is 46.7 Å². The van der Waals surface area contributed by atoms with Gasteiger partial charge < -0.3 is 24.8 Å². The molecule has 1 aromatic heterocycles. The van der Waals surface area contributed by atoms with Crippen molar-refractivity contribution >= 4 is 57.5 Å². The zero-order valence-electron chi connectivity index (χ0n) is 16.5. The van der Waals surface area contributed by atoms with E-state index in [-0.39, 0.29) is 29.9 Å². The number of carbonyl (C=O) groups excluding carboxylic acids is 1. The summed E-state index contributed by atoms with van der Waals surface area (Å²) in [6.07, 6.45) is 2.03. The van der Waals surface area contributed by atoms with Gasteiger partial charge >= 0.3 is 0 Å². The molecular weight excluding hydrogens is 537 g/mol. The molecule has 154 valence electrons. The quantitative estimate of drug-likeness (QED) is 0.234. The molecule has 0 saturated carbocycles. The van der Waals surface area contributed by atoms with E-state index in [1.54, 1.807) is 13.1 Å². The first-order chi connectivity index (χ1) is 12.9. The van der Waals surface area contributed by atoms with Crippen molar-refractivity contribution in [2.75, 3.05) is 32.6 Å². The van der Waals surface area contributed by atoms with Crippen LogP contribution in [-0.4, -0.2) is 48.6 Å². The summed E-state index contributed by atoms with van der Waals surface area (Å²) in [5, 5.41) is 6.03. The summed E-state index contributed by atoms with van der Waals surface area (Å²) >= 11 is 3.49. The minimum absolute atomic E-state index is 0. The average Bonchev–Trinajstić information content (AvgIpc) is 2.91. The van der Waals surface area contributed by atoms with Crippen molar-refractivity contribution in [2.45, 2.75) is 13.5 Å². The highest BCUT2D eigenvalue weighted by atomic mass is 127. The molecule has 0 atom stereocenters. The highest BCUT2D eigenvalue weighted by Crippen LogP contribution is 2.17. The van der Waals surface area contributed by atoms with Crippen LogP contribution >= 0.6 is 39.9 Å². The second-order valence-corrected chi connectivity index (χ2v) is 7.06. The van der Waals surface area contributed by atoms with Crippen LogP contribution < -0.4 is 15.4 Å². The number of ether oxygens (including phenoxy) is 1. The zero-order chi connectivity index (χ0) is 19.8. The van der Waals surface area contributed by atoms with Gasteiger partial charge in [-0.2, -0.15) is 0 Å².